The molecule has 0 aliphatic rings. The molecule has 0 rings (SSSR count). The molecule has 0 aromatic rings. The van der Waals surface area contributed by atoms with Gasteiger partial charge in [-0.1, -0.05) is 13.0 Å². The van der Waals surface area contributed by atoms with Gasteiger partial charge in [-0.05, 0) is 60.5 Å². The van der Waals surface area contributed by atoms with E-state index in [0.717, 1.165) is 13.0 Å². The van der Waals surface area contributed by atoms with Gasteiger partial charge in [0.25, 0.3) is 0 Å². The van der Waals surface area contributed by atoms with Gasteiger partial charge in [-0.15, -0.1) is 0 Å². The van der Waals surface area contributed by atoms with Gasteiger partial charge in [-0.2, -0.15) is 0 Å². The normalized spacial score (nSPS) is 15.9. The Morgan fingerprint density at radius 3 is 1.84 bits per heavy atom. The Bertz CT molecular complexity index is 371. The molecule has 0 radical (unpaired) electrons. The average molecular weight is 266 g/mol. The molecule has 0 saturated heterocycles. The van der Waals surface area contributed by atoms with Crippen LogP contribution in [0.25, 0.3) is 0 Å². The van der Waals surface area contributed by atoms with Gasteiger partial charge in [0.15, 0.2) is 17.6 Å². The quantitative estimate of drug-likeness (QED) is 0.415. The fourth-order valence-electron chi connectivity index (χ4n) is 1.60. The fourth-order valence-corrected chi connectivity index (χ4v) is 1.60. The molecule has 2 heteroatoms. The van der Waals surface area contributed by atoms with Crippen LogP contribution in [-0.4, -0.2) is 46.3 Å². The highest BCUT2D eigenvalue weighted by Crippen LogP contribution is 2.09. The molecule has 0 aromatic carbocycles. The van der Waals surface area contributed by atoms with E-state index < -0.39 is 0 Å². The van der Waals surface area contributed by atoms with Crippen molar-refractivity contribution in [3.63, 3.8) is 0 Å². The van der Waals surface area contributed by atoms with Gasteiger partial charge < -0.3 is 0 Å². The first-order valence-corrected chi connectivity index (χ1v) is 7.32. The molecule has 19 heavy (non-hydrogen) atoms. The van der Waals surface area contributed by atoms with Crippen molar-refractivity contribution >= 4 is 12.4 Å². The maximum Gasteiger partial charge on any atom is 0.228 e. The van der Waals surface area contributed by atoms with Crippen molar-refractivity contribution in [2.75, 3.05) is 13.6 Å². The van der Waals surface area contributed by atoms with E-state index in [0.29, 0.717) is 0 Å². The summed E-state index contributed by atoms with van der Waals surface area (Å²) in [6, 6.07) is 0. The van der Waals surface area contributed by atoms with Crippen LogP contribution in [0.15, 0.2) is 11.6 Å². The zero-order chi connectivity index (χ0) is 15.3. The molecule has 0 aliphatic heterocycles. The van der Waals surface area contributed by atoms with Crippen molar-refractivity contribution in [2.24, 2.45) is 0 Å². The van der Waals surface area contributed by atoms with Gasteiger partial charge in [-0.25, -0.2) is 9.15 Å². The summed E-state index contributed by atoms with van der Waals surface area (Å²) in [6.45, 7) is 18.8. The largest absolute Gasteiger partial charge is 0.229 e. The van der Waals surface area contributed by atoms with Crippen LogP contribution in [0.1, 0.15) is 61.8 Å². The van der Waals surface area contributed by atoms with Crippen molar-refractivity contribution in [3.8, 4) is 0 Å². The molecule has 2 nitrogen and oxygen atoms in total. The molecule has 0 spiro atoms. The van der Waals surface area contributed by atoms with Crippen LogP contribution in [0.4, 0.5) is 0 Å². The average Bonchev–Trinajstić information content (AvgIpc) is 2.20. The summed E-state index contributed by atoms with van der Waals surface area (Å²) < 4.78 is 4.65. The zero-order valence-electron chi connectivity index (χ0n) is 14.5. The van der Waals surface area contributed by atoms with Crippen LogP contribution in [0.2, 0.25) is 0 Å². The van der Waals surface area contributed by atoms with E-state index in [4.69, 9.17) is 0 Å². The predicted molar refractivity (Wildman–Crippen MR) is 87.0 cm³/mol. The summed E-state index contributed by atoms with van der Waals surface area (Å²) in [4.78, 5) is 0. The van der Waals surface area contributed by atoms with Crippen molar-refractivity contribution in [3.05, 3.63) is 11.6 Å². The van der Waals surface area contributed by atoms with Crippen molar-refractivity contribution in [1.82, 2.24) is 0 Å². The van der Waals surface area contributed by atoms with Gasteiger partial charge in [0.1, 0.15) is 7.05 Å². The first kappa shape index (κ1) is 18.1. The highest BCUT2D eigenvalue weighted by molar-refractivity contribution is 6.11. The number of nitrogens with zero attached hydrogens (tertiary/aromatic N) is 2. The second-order valence-corrected chi connectivity index (χ2v) is 7.34. The molecule has 0 unspecified atom stereocenters. The summed E-state index contributed by atoms with van der Waals surface area (Å²) in [5.74, 6) is 0. The Kier molecular flexibility index (Phi) is 6.68. The lowest BCUT2D eigenvalue weighted by Gasteiger charge is -2.18. The van der Waals surface area contributed by atoms with Gasteiger partial charge in [0.2, 0.25) is 12.4 Å². The third kappa shape index (κ3) is 7.29. The molecular formula is C17H34N2+2. The summed E-state index contributed by atoms with van der Waals surface area (Å²) >= 11 is 0. The summed E-state index contributed by atoms with van der Waals surface area (Å²) in [7, 11) is 2.13. The number of rotatable bonds is 4. The van der Waals surface area contributed by atoms with E-state index in [-0.39, 0.29) is 11.1 Å². The second kappa shape index (κ2) is 7.02. The van der Waals surface area contributed by atoms with Gasteiger partial charge >= 0.3 is 0 Å². The van der Waals surface area contributed by atoms with Crippen molar-refractivity contribution in [1.29, 1.82) is 0 Å². The fraction of sp³-hybridized carbons (Fsp3) is 0.765. The maximum absolute atomic E-state index is 2.40. The smallest absolute Gasteiger partial charge is 0.228 e. The lowest BCUT2D eigenvalue weighted by Crippen LogP contribution is -2.37. The summed E-state index contributed by atoms with van der Waals surface area (Å²) in [6.07, 6.45) is 7.82. The highest BCUT2D eigenvalue weighted by atomic mass is 15.1. The standard InChI is InChI=1S/C17H34N2/c1-10-11-15(2)14-19(17(6,7)8)13-12-18(9)16(3,4)5/h11-13H,10,14H2,1-9H3/q+2. The van der Waals surface area contributed by atoms with E-state index in [1.165, 1.54) is 5.57 Å². The van der Waals surface area contributed by atoms with E-state index in [9.17, 15) is 0 Å². The predicted octanol–water partition coefficient (Wildman–Crippen LogP) is 3.74. The maximum atomic E-state index is 2.40. The lowest BCUT2D eigenvalue weighted by atomic mass is 10.1. The Morgan fingerprint density at radius 1 is 0.947 bits per heavy atom. The molecule has 0 fully saturated rings. The Hall–Kier alpha value is -0.920. The molecule has 110 valence electrons. The zero-order valence-corrected chi connectivity index (χ0v) is 14.5. The highest BCUT2D eigenvalue weighted by Gasteiger charge is 2.25. The van der Waals surface area contributed by atoms with Crippen LogP contribution in [0.3, 0.4) is 0 Å². The Labute approximate surface area is 120 Å². The molecule has 0 atom stereocenters. The van der Waals surface area contributed by atoms with Crippen molar-refractivity contribution in [2.45, 2.75) is 72.9 Å². The molecule has 0 bridgehead atoms. The number of allylic oxidation sites excluding steroid dienone is 1. The first-order valence-electron chi connectivity index (χ1n) is 7.32. The van der Waals surface area contributed by atoms with Crippen LogP contribution in [0.5, 0.6) is 0 Å². The van der Waals surface area contributed by atoms with Crippen molar-refractivity contribution < 1.29 is 9.15 Å². The molecule has 0 aromatic heterocycles. The topological polar surface area (TPSA) is 6.02 Å². The molecular weight excluding hydrogens is 232 g/mol. The minimum atomic E-state index is 0.137. The molecule has 0 aliphatic carbocycles. The minimum Gasteiger partial charge on any atom is -0.229 e. The molecule has 0 saturated carbocycles. The molecule has 0 heterocycles. The van der Waals surface area contributed by atoms with E-state index in [1.807, 2.05) is 0 Å². The summed E-state index contributed by atoms with van der Waals surface area (Å²) in [5.41, 5.74) is 1.73. The Morgan fingerprint density at radius 2 is 1.47 bits per heavy atom. The molecule has 0 N–H and O–H groups in total. The van der Waals surface area contributed by atoms with E-state index >= 15 is 0 Å². The monoisotopic (exact) mass is 266 g/mol. The number of hydrogen-bond acceptors (Lipinski definition) is 0. The Balaban J connectivity index is 5.25. The SMILES string of the molecule is CCC=C(C)C[N+](=CC=[N+](C)C(C)(C)C)C(C)(C)C. The first-order chi connectivity index (χ1) is 8.48. The minimum absolute atomic E-state index is 0.137. The summed E-state index contributed by atoms with van der Waals surface area (Å²) in [5, 5.41) is 0. The van der Waals surface area contributed by atoms with Crippen LogP contribution in [-0.2, 0) is 0 Å². The van der Waals surface area contributed by atoms with Crippen LogP contribution >= 0.6 is 0 Å². The van der Waals surface area contributed by atoms with E-state index in [2.05, 4.69) is 90.1 Å². The van der Waals surface area contributed by atoms with Crippen LogP contribution < -0.4 is 0 Å². The lowest BCUT2D eigenvalue weighted by molar-refractivity contribution is -0.590. The van der Waals surface area contributed by atoms with Crippen LogP contribution in [0, 0.1) is 0 Å². The van der Waals surface area contributed by atoms with Gasteiger partial charge in [0.05, 0.1) is 0 Å². The van der Waals surface area contributed by atoms with E-state index in [1.54, 1.807) is 0 Å². The number of hydrogen-bond donors (Lipinski definition) is 0. The second-order valence-electron chi connectivity index (χ2n) is 7.34. The van der Waals surface area contributed by atoms with Gasteiger partial charge in [0, 0.05) is 0 Å². The third-order valence-corrected chi connectivity index (χ3v) is 3.36. The third-order valence-electron chi connectivity index (χ3n) is 3.36. The van der Waals surface area contributed by atoms with Gasteiger partial charge in [-0.3, -0.25) is 0 Å². The molecule has 0 amide bonds.